The van der Waals surface area contributed by atoms with Crippen molar-refractivity contribution in [3.05, 3.63) is 54.6 Å². The van der Waals surface area contributed by atoms with Crippen LogP contribution in [0.1, 0.15) is 0 Å². The number of benzene rings is 2. The van der Waals surface area contributed by atoms with Crippen LogP contribution in [-0.4, -0.2) is 35.0 Å². The highest BCUT2D eigenvalue weighted by molar-refractivity contribution is 7.85. The van der Waals surface area contributed by atoms with E-state index in [0.29, 0.717) is 17.6 Å². The van der Waals surface area contributed by atoms with Crippen molar-refractivity contribution in [2.75, 3.05) is 23.0 Å². The molecular weight excluding hydrogens is 356 g/mol. The Balaban J connectivity index is 1.84. The number of nitrogens with one attached hydrogen (secondary N) is 3. The van der Waals surface area contributed by atoms with Gasteiger partial charge in [-0.2, -0.15) is 23.4 Å². The van der Waals surface area contributed by atoms with Crippen LogP contribution >= 0.6 is 0 Å². The summed E-state index contributed by atoms with van der Waals surface area (Å²) in [6, 6.07) is 15.0. The van der Waals surface area contributed by atoms with Crippen molar-refractivity contribution in [3.63, 3.8) is 0 Å². The first kappa shape index (κ1) is 17.6. The van der Waals surface area contributed by atoms with E-state index in [-0.39, 0.29) is 10.8 Å². The summed E-state index contributed by atoms with van der Waals surface area (Å²) in [5, 5.41) is 8.90. The molecule has 9 nitrogen and oxygen atoms in total. The minimum Gasteiger partial charge on any atom is -0.357 e. The van der Waals surface area contributed by atoms with Crippen LogP contribution in [0.5, 0.6) is 0 Å². The van der Waals surface area contributed by atoms with Gasteiger partial charge >= 0.3 is 0 Å². The maximum Gasteiger partial charge on any atom is 0.294 e. The molecule has 1 aromatic heterocycles. The van der Waals surface area contributed by atoms with Crippen LogP contribution in [0.25, 0.3) is 0 Å². The normalized spacial score (nSPS) is 11.0. The molecule has 134 valence electrons. The van der Waals surface area contributed by atoms with Crippen molar-refractivity contribution in [1.82, 2.24) is 15.0 Å². The molecule has 0 fully saturated rings. The van der Waals surface area contributed by atoms with E-state index in [0.717, 1.165) is 5.69 Å². The first-order chi connectivity index (χ1) is 12.4. The van der Waals surface area contributed by atoms with Crippen molar-refractivity contribution in [2.24, 2.45) is 0 Å². The van der Waals surface area contributed by atoms with Gasteiger partial charge in [0.05, 0.1) is 4.90 Å². The predicted molar refractivity (Wildman–Crippen MR) is 98.6 cm³/mol. The highest BCUT2D eigenvalue weighted by Gasteiger charge is 2.10. The van der Waals surface area contributed by atoms with Crippen LogP contribution in [0.3, 0.4) is 0 Å². The third-order valence-electron chi connectivity index (χ3n) is 3.30. The summed E-state index contributed by atoms with van der Waals surface area (Å²) in [7, 11) is -2.55. The second-order valence-electron chi connectivity index (χ2n) is 5.17. The number of hydrogen-bond donors (Lipinski definition) is 4. The van der Waals surface area contributed by atoms with Crippen molar-refractivity contribution < 1.29 is 13.0 Å². The number of hydrogen-bond acceptors (Lipinski definition) is 8. The average molecular weight is 372 g/mol. The lowest BCUT2D eigenvalue weighted by Gasteiger charge is -2.10. The molecule has 0 bridgehead atoms. The zero-order valence-corrected chi connectivity index (χ0v) is 14.5. The lowest BCUT2D eigenvalue weighted by Crippen LogP contribution is -2.07. The number of rotatable bonds is 6. The Morgan fingerprint density at radius 1 is 0.769 bits per heavy atom. The standard InChI is InChI=1S/C16H16N6O3S/c1-17-14-20-15(18-11-5-3-2-4-6-11)22-16(21-14)19-12-7-9-13(10-8-12)26(23,24)25/h2-10H,1H3,(H,23,24,25)(H3,17,18,19,20,21,22). The van der Waals surface area contributed by atoms with Gasteiger partial charge < -0.3 is 16.0 Å². The van der Waals surface area contributed by atoms with Gasteiger partial charge in [-0.25, -0.2) is 0 Å². The third-order valence-corrected chi connectivity index (χ3v) is 4.17. The zero-order chi connectivity index (χ0) is 18.6. The molecule has 0 amide bonds. The van der Waals surface area contributed by atoms with Crippen LogP contribution in [0.2, 0.25) is 0 Å². The lowest BCUT2D eigenvalue weighted by molar-refractivity contribution is 0.483. The van der Waals surface area contributed by atoms with E-state index in [1.807, 2.05) is 30.3 Å². The smallest absolute Gasteiger partial charge is 0.294 e. The average Bonchev–Trinajstić information content (AvgIpc) is 2.62. The molecule has 0 aliphatic carbocycles. The molecule has 26 heavy (non-hydrogen) atoms. The fraction of sp³-hybridized carbons (Fsp3) is 0.0625. The first-order valence-corrected chi connectivity index (χ1v) is 8.98. The Labute approximate surface area is 150 Å². The molecule has 0 radical (unpaired) electrons. The molecular formula is C16H16N6O3S. The van der Waals surface area contributed by atoms with Crippen LogP contribution in [-0.2, 0) is 10.1 Å². The summed E-state index contributed by atoms with van der Waals surface area (Å²) in [6.07, 6.45) is 0. The summed E-state index contributed by atoms with van der Waals surface area (Å²) in [5.74, 6) is 0.963. The van der Waals surface area contributed by atoms with Gasteiger partial charge in [0.25, 0.3) is 10.1 Å². The molecule has 0 saturated carbocycles. The fourth-order valence-electron chi connectivity index (χ4n) is 2.09. The minimum absolute atomic E-state index is 0.193. The lowest BCUT2D eigenvalue weighted by atomic mass is 10.3. The molecule has 3 rings (SSSR count). The molecule has 0 aliphatic heterocycles. The van der Waals surface area contributed by atoms with Gasteiger partial charge in [0.1, 0.15) is 0 Å². The zero-order valence-electron chi connectivity index (χ0n) is 13.7. The molecule has 0 saturated heterocycles. The Bertz CT molecular complexity index is 994. The van der Waals surface area contributed by atoms with Gasteiger partial charge in [0, 0.05) is 18.4 Å². The van der Waals surface area contributed by atoms with E-state index >= 15 is 0 Å². The van der Waals surface area contributed by atoms with E-state index in [2.05, 4.69) is 30.9 Å². The molecule has 0 spiro atoms. The van der Waals surface area contributed by atoms with Crippen LogP contribution in [0.4, 0.5) is 29.2 Å². The highest BCUT2D eigenvalue weighted by Crippen LogP contribution is 2.19. The second-order valence-corrected chi connectivity index (χ2v) is 6.59. The Morgan fingerprint density at radius 3 is 1.77 bits per heavy atom. The number of aromatic nitrogens is 3. The van der Waals surface area contributed by atoms with Crippen LogP contribution in [0, 0.1) is 0 Å². The van der Waals surface area contributed by atoms with Gasteiger partial charge in [-0.1, -0.05) is 18.2 Å². The number of nitrogens with zero attached hydrogens (tertiary/aromatic N) is 3. The fourth-order valence-corrected chi connectivity index (χ4v) is 2.57. The Hall–Kier alpha value is -3.24. The maximum atomic E-state index is 11.1. The van der Waals surface area contributed by atoms with E-state index in [9.17, 15) is 8.42 Å². The predicted octanol–water partition coefficient (Wildman–Crippen LogP) is 2.65. The summed E-state index contributed by atoms with van der Waals surface area (Å²) in [4.78, 5) is 12.5. The summed E-state index contributed by atoms with van der Waals surface area (Å²) < 4.78 is 31.2. The Morgan fingerprint density at radius 2 is 1.27 bits per heavy atom. The van der Waals surface area contributed by atoms with Crippen molar-refractivity contribution in [1.29, 1.82) is 0 Å². The largest absolute Gasteiger partial charge is 0.357 e. The van der Waals surface area contributed by atoms with Gasteiger partial charge in [-0.3, -0.25) is 4.55 Å². The minimum atomic E-state index is -4.23. The van der Waals surface area contributed by atoms with Gasteiger partial charge in [-0.05, 0) is 36.4 Å². The Kier molecular flexibility index (Phi) is 4.96. The van der Waals surface area contributed by atoms with Crippen molar-refractivity contribution >= 4 is 39.3 Å². The maximum absolute atomic E-state index is 11.1. The van der Waals surface area contributed by atoms with E-state index in [1.54, 1.807) is 7.05 Å². The quantitative estimate of drug-likeness (QED) is 0.482. The molecule has 10 heteroatoms. The topological polar surface area (TPSA) is 129 Å². The summed E-state index contributed by atoms with van der Waals surface area (Å²) in [5.41, 5.74) is 1.38. The summed E-state index contributed by atoms with van der Waals surface area (Å²) in [6.45, 7) is 0. The molecule has 3 aromatic rings. The van der Waals surface area contributed by atoms with Gasteiger partial charge in [0.15, 0.2) is 0 Å². The molecule has 0 aliphatic rings. The highest BCUT2D eigenvalue weighted by atomic mass is 32.2. The third kappa shape index (κ3) is 4.43. The monoisotopic (exact) mass is 372 g/mol. The van der Waals surface area contributed by atoms with Gasteiger partial charge in [0.2, 0.25) is 17.8 Å². The van der Waals surface area contributed by atoms with E-state index in [1.165, 1.54) is 24.3 Å². The van der Waals surface area contributed by atoms with Crippen molar-refractivity contribution in [3.8, 4) is 0 Å². The molecule has 0 unspecified atom stereocenters. The second kappa shape index (κ2) is 7.33. The number of anilines is 5. The first-order valence-electron chi connectivity index (χ1n) is 7.54. The van der Waals surface area contributed by atoms with Crippen LogP contribution < -0.4 is 16.0 Å². The van der Waals surface area contributed by atoms with Crippen molar-refractivity contribution in [2.45, 2.75) is 4.90 Å². The summed E-state index contributed by atoms with van der Waals surface area (Å²) >= 11 is 0. The van der Waals surface area contributed by atoms with Gasteiger partial charge in [-0.15, -0.1) is 0 Å². The molecule has 0 atom stereocenters. The number of para-hydroxylation sites is 1. The molecule has 1 heterocycles. The van der Waals surface area contributed by atoms with E-state index < -0.39 is 10.1 Å². The van der Waals surface area contributed by atoms with E-state index in [4.69, 9.17) is 4.55 Å². The molecule has 4 N–H and O–H groups in total. The van der Waals surface area contributed by atoms with Crippen LogP contribution in [0.15, 0.2) is 59.5 Å². The molecule has 2 aromatic carbocycles. The SMILES string of the molecule is CNc1nc(Nc2ccccc2)nc(Nc2ccc(S(=O)(=O)O)cc2)n1.